The van der Waals surface area contributed by atoms with Gasteiger partial charge in [-0.15, -0.1) is 0 Å². The van der Waals surface area contributed by atoms with Crippen molar-refractivity contribution < 1.29 is 38.5 Å². The lowest BCUT2D eigenvalue weighted by molar-refractivity contribution is -0.145. The zero-order valence-electron chi connectivity index (χ0n) is 28.6. The Morgan fingerprint density at radius 1 is 0.978 bits per heavy atom. The maximum atomic E-state index is 13.3. The van der Waals surface area contributed by atoms with Crippen LogP contribution in [0.1, 0.15) is 92.1 Å². The number of hydrogen-bond acceptors (Lipinski definition) is 7. The van der Waals surface area contributed by atoms with Crippen LogP contribution in [0.4, 0.5) is 4.79 Å². The molecule has 2 aliphatic heterocycles. The minimum Gasteiger partial charge on any atom is -0.490 e. The van der Waals surface area contributed by atoms with E-state index in [-0.39, 0.29) is 23.8 Å². The monoisotopic (exact) mass is 645 g/mol. The van der Waals surface area contributed by atoms with Crippen LogP contribution in [0, 0.1) is 17.8 Å². The average Bonchev–Trinajstić information content (AvgIpc) is 3.01. The molecule has 0 saturated carbocycles. The molecular formula is C35H55N3O8. The van der Waals surface area contributed by atoms with E-state index in [1.54, 1.807) is 9.80 Å². The first-order valence-electron chi connectivity index (χ1n) is 17.0. The van der Waals surface area contributed by atoms with E-state index < -0.39 is 23.5 Å². The highest BCUT2D eigenvalue weighted by molar-refractivity contribution is 5.86. The molecule has 2 aliphatic rings. The maximum absolute atomic E-state index is 13.3. The van der Waals surface area contributed by atoms with Gasteiger partial charge >= 0.3 is 12.1 Å². The van der Waals surface area contributed by atoms with E-state index in [0.717, 1.165) is 24.8 Å². The van der Waals surface area contributed by atoms with Crippen LogP contribution in [0.3, 0.4) is 0 Å². The van der Waals surface area contributed by atoms with E-state index in [9.17, 15) is 24.3 Å². The number of nitrogens with zero attached hydrogens (tertiary/aromatic N) is 2. The molecule has 2 fully saturated rings. The summed E-state index contributed by atoms with van der Waals surface area (Å²) in [4.78, 5) is 54.4. The number of hydrogen-bond donors (Lipinski definition) is 2. The summed E-state index contributed by atoms with van der Waals surface area (Å²) in [5, 5.41) is 12.8. The molecule has 11 heteroatoms. The predicted molar refractivity (Wildman–Crippen MR) is 175 cm³/mol. The van der Waals surface area contributed by atoms with Crippen molar-refractivity contribution in [3.8, 4) is 11.5 Å². The molecule has 0 bridgehead atoms. The number of carbonyl (C=O) groups excluding carboxylic acids is 3. The quantitative estimate of drug-likeness (QED) is 0.279. The molecule has 0 aliphatic carbocycles. The molecule has 2 saturated heterocycles. The van der Waals surface area contributed by atoms with E-state index in [0.29, 0.717) is 88.9 Å². The van der Waals surface area contributed by atoms with Crippen molar-refractivity contribution in [2.45, 2.75) is 105 Å². The minimum absolute atomic E-state index is 0.0250. The number of aryl methyl sites for hydroxylation is 1. The molecule has 3 amide bonds. The molecule has 46 heavy (non-hydrogen) atoms. The number of piperidine rings is 2. The van der Waals surface area contributed by atoms with Gasteiger partial charge in [-0.3, -0.25) is 9.59 Å². The first-order chi connectivity index (χ1) is 21.8. The van der Waals surface area contributed by atoms with Gasteiger partial charge < -0.3 is 34.4 Å². The van der Waals surface area contributed by atoms with Gasteiger partial charge in [-0.1, -0.05) is 13.0 Å². The average molecular weight is 646 g/mol. The highest BCUT2D eigenvalue weighted by atomic mass is 16.6. The highest BCUT2D eigenvalue weighted by Crippen LogP contribution is 2.30. The van der Waals surface area contributed by atoms with Gasteiger partial charge in [-0.25, -0.2) is 9.59 Å². The molecule has 0 aromatic heterocycles. The zero-order valence-corrected chi connectivity index (χ0v) is 28.6. The molecule has 1 aromatic rings. The molecule has 0 radical (unpaired) electrons. The fraction of sp³-hybridized carbons (Fsp3) is 0.714. The van der Waals surface area contributed by atoms with Crippen LogP contribution in [0.5, 0.6) is 11.5 Å². The summed E-state index contributed by atoms with van der Waals surface area (Å²) in [6.07, 6.45) is 5.02. The molecule has 1 aromatic carbocycles. The van der Waals surface area contributed by atoms with E-state index in [2.05, 4.69) is 5.32 Å². The van der Waals surface area contributed by atoms with Gasteiger partial charge in [0.25, 0.3) is 0 Å². The number of carboxylic acid groups (broad SMARTS) is 1. The summed E-state index contributed by atoms with van der Waals surface area (Å²) in [5.41, 5.74) is 0.479. The number of likely N-dealkylation sites (tertiary alicyclic amines) is 2. The summed E-state index contributed by atoms with van der Waals surface area (Å²) in [5.74, 6) is -0.407. The minimum atomic E-state index is -1.07. The van der Waals surface area contributed by atoms with E-state index in [1.165, 1.54) is 0 Å². The van der Waals surface area contributed by atoms with Crippen LogP contribution in [-0.4, -0.2) is 89.8 Å². The van der Waals surface area contributed by atoms with Crippen LogP contribution in [-0.2, 0) is 25.5 Å². The van der Waals surface area contributed by atoms with Gasteiger partial charge in [0.05, 0.1) is 19.1 Å². The Morgan fingerprint density at radius 3 is 2.28 bits per heavy atom. The summed E-state index contributed by atoms with van der Waals surface area (Å²) in [7, 11) is 0. The molecule has 3 rings (SSSR count). The number of nitrogens with one attached hydrogen (secondary N) is 1. The first-order valence-corrected chi connectivity index (χ1v) is 17.0. The zero-order chi connectivity index (χ0) is 33.9. The van der Waals surface area contributed by atoms with E-state index in [4.69, 9.17) is 14.2 Å². The Labute approximate surface area is 274 Å². The normalized spacial score (nSPS) is 18.8. The number of aliphatic carboxylic acids is 1. The molecule has 2 N–H and O–H groups in total. The van der Waals surface area contributed by atoms with Crippen molar-refractivity contribution in [3.05, 3.63) is 23.8 Å². The number of ether oxygens (including phenoxy) is 3. The molecule has 258 valence electrons. The van der Waals surface area contributed by atoms with Crippen molar-refractivity contribution in [3.63, 3.8) is 0 Å². The van der Waals surface area contributed by atoms with Crippen LogP contribution >= 0.6 is 0 Å². The van der Waals surface area contributed by atoms with Crippen LogP contribution < -0.4 is 14.8 Å². The number of rotatable bonds is 14. The standard InChI is InChI=1S/C35H55N3O8/c1-7-44-28-15-13-26(22-29(28)45-8-2)12-11-24(3)31(33(41)42)36-32(40)27-10-9-19-38(23-27)30(39)16-14-25-17-20-37(21-18-25)34(43)46-35(4,5)6/h13,15,22,24-25,27,31H,7-12,14,16-21,23H2,1-6H3,(H,36,40)(H,41,42)/t24?,27-,31+/m1/s1. The fourth-order valence-electron chi connectivity index (χ4n) is 6.16. The van der Waals surface area contributed by atoms with Crippen LogP contribution in [0.15, 0.2) is 18.2 Å². The Bertz CT molecular complexity index is 1170. The van der Waals surface area contributed by atoms with Gasteiger partial charge in [0, 0.05) is 32.6 Å². The van der Waals surface area contributed by atoms with Crippen LogP contribution in [0.2, 0.25) is 0 Å². The topological polar surface area (TPSA) is 135 Å². The Kier molecular flexibility index (Phi) is 14.0. The maximum Gasteiger partial charge on any atom is 0.410 e. The molecular weight excluding hydrogens is 590 g/mol. The molecule has 1 unspecified atom stereocenters. The Hall–Kier alpha value is -3.50. The lowest BCUT2D eigenvalue weighted by Gasteiger charge is -2.35. The van der Waals surface area contributed by atoms with Crippen molar-refractivity contribution >= 4 is 23.9 Å². The molecule has 2 heterocycles. The number of benzene rings is 1. The predicted octanol–water partition coefficient (Wildman–Crippen LogP) is 5.29. The summed E-state index contributed by atoms with van der Waals surface area (Å²) in [6, 6.07) is 4.72. The Morgan fingerprint density at radius 2 is 1.65 bits per heavy atom. The number of carbonyl (C=O) groups is 4. The molecule has 11 nitrogen and oxygen atoms in total. The third-order valence-electron chi connectivity index (χ3n) is 8.81. The summed E-state index contributed by atoms with van der Waals surface area (Å²) < 4.78 is 16.8. The smallest absolute Gasteiger partial charge is 0.410 e. The molecule has 0 spiro atoms. The lowest BCUT2D eigenvalue weighted by Crippen LogP contribution is -2.51. The second-order valence-corrected chi connectivity index (χ2v) is 13.6. The highest BCUT2D eigenvalue weighted by Gasteiger charge is 2.33. The Balaban J connectivity index is 1.46. The van der Waals surface area contributed by atoms with Crippen molar-refractivity contribution in [2.75, 3.05) is 39.4 Å². The summed E-state index contributed by atoms with van der Waals surface area (Å²) in [6.45, 7) is 14.4. The second-order valence-electron chi connectivity index (χ2n) is 13.6. The largest absolute Gasteiger partial charge is 0.490 e. The van der Waals surface area contributed by atoms with Gasteiger partial charge in [-0.2, -0.15) is 0 Å². The van der Waals surface area contributed by atoms with Crippen molar-refractivity contribution in [2.24, 2.45) is 17.8 Å². The third-order valence-corrected chi connectivity index (χ3v) is 8.81. The van der Waals surface area contributed by atoms with E-state index >= 15 is 0 Å². The van der Waals surface area contributed by atoms with Gasteiger partial charge in [-0.05, 0) is 109 Å². The summed E-state index contributed by atoms with van der Waals surface area (Å²) >= 11 is 0. The van der Waals surface area contributed by atoms with Gasteiger partial charge in [0.2, 0.25) is 11.8 Å². The van der Waals surface area contributed by atoms with Crippen molar-refractivity contribution in [1.82, 2.24) is 15.1 Å². The van der Waals surface area contributed by atoms with Crippen LogP contribution in [0.25, 0.3) is 0 Å². The van der Waals surface area contributed by atoms with E-state index in [1.807, 2.05) is 59.7 Å². The van der Waals surface area contributed by atoms with Crippen molar-refractivity contribution in [1.29, 1.82) is 0 Å². The second kappa shape index (κ2) is 17.4. The fourth-order valence-corrected chi connectivity index (χ4v) is 6.16. The third kappa shape index (κ3) is 11.4. The van der Waals surface area contributed by atoms with Gasteiger partial charge in [0.15, 0.2) is 11.5 Å². The molecule has 3 atom stereocenters. The first kappa shape index (κ1) is 37.0. The van der Waals surface area contributed by atoms with Gasteiger partial charge in [0.1, 0.15) is 11.6 Å². The number of carboxylic acids is 1. The number of amides is 3. The SMILES string of the molecule is CCOc1ccc(CCC(C)[C@H](NC(=O)[C@@H]2CCCN(C(=O)CCC3CCN(C(=O)OC(C)(C)C)CC3)C2)C(=O)O)cc1OCC. The lowest BCUT2D eigenvalue weighted by atomic mass is 9.91.